The van der Waals surface area contributed by atoms with Crippen LogP contribution in [0.3, 0.4) is 0 Å². The fraction of sp³-hybridized carbons (Fsp3) is 0.227. The molecule has 6 heteroatoms. The lowest BCUT2D eigenvalue weighted by molar-refractivity contribution is 0.398. The predicted octanol–water partition coefficient (Wildman–Crippen LogP) is 2.81. The van der Waals surface area contributed by atoms with Crippen molar-refractivity contribution >= 4 is 0 Å². The molecule has 0 atom stereocenters. The van der Waals surface area contributed by atoms with Gasteiger partial charge in [-0.3, -0.25) is 19.3 Å². The van der Waals surface area contributed by atoms with E-state index in [2.05, 4.69) is 9.98 Å². The van der Waals surface area contributed by atoms with Crippen molar-refractivity contribution in [3.05, 3.63) is 92.4 Å². The van der Waals surface area contributed by atoms with Gasteiger partial charge in [0, 0.05) is 12.1 Å². The first-order valence-electron chi connectivity index (χ1n) is 9.32. The summed E-state index contributed by atoms with van der Waals surface area (Å²) < 4.78 is 1.20. The van der Waals surface area contributed by atoms with Crippen LogP contribution in [-0.4, -0.2) is 14.7 Å². The molecule has 144 valence electrons. The third kappa shape index (κ3) is 4.28. The van der Waals surface area contributed by atoms with E-state index in [1.54, 1.807) is 18.2 Å². The van der Waals surface area contributed by atoms with Crippen LogP contribution in [-0.2, 0) is 13.1 Å². The van der Waals surface area contributed by atoms with Crippen LogP contribution in [0.2, 0.25) is 0 Å². The van der Waals surface area contributed by atoms with Crippen molar-refractivity contribution in [3.8, 4) is 17.0 Å². The maximum absolute atomic E-state index is 12.5. The summed E-state index contributed by atoms with van der Waals surface area (Å²) in [5, 5.41) is 11.3. The molecular weight excluding hydrogens is 354 g/mol. The number of hydrogen-bond acceptors (Lipinski definition) is 4. The fourth-order valence-corrected chi connectivity index (χ4v) is 2.97. The van der Waals surface area contributed by atoms with Gasteiger partial charge < -0.3 is 5.11 Å². The van der Waals surface area contributed by atoms with Gasteiger partial charge in [0.15, 0.2) is 0 Å². The number of aromatic amines is 1. The van der Waals surface area contributed by atoms with E-state index in [4.69, 9.17) is 0 Å². The SMILES string of the molecule is CCCCn1c(O)c(-c2cccccc2=NCc2ccccc2)c(=O)[nH]c1=O. The molecule has 0 unspecified atom stereocenters. The molecule has 3 rings (SSSR count). The van der Waals surface area contributed by atoms with E-state index in [1.807, 2.05) is 49.4 Å². The van der Waals surface area contributed by atoms with Gasteiger partial charge in [-0.15, -0.1) is 0 Å². The highest BCUT2D eigenvalue weighted by Crippen LogP contribution is 2.21. The molecule has 2 N–H and O–H groups in total. The van der Waals surface area contributed by atoms with E-state index in [9.17, 15) is 14.7 Å². The van der Waals surface area contributed by atoms with Crippen molar-refractivity contribution in [3.63, 3.8) is 0 Å². The van der Waals surface area contributed by atoms with E-state index in [0.29, 0.717) is 30.4 Å². The minimum atomic E-state index is -0.627. The van der Waals surface area contributed by atoms with Gasteiger partial charge in [-0.05, 0) is 18.1 Å². The highest BCUT2D eigenvalue weighted by Gasteiger charge is 2.16. The Morgan fingerprint density at radius 1 is 1.00 bits per heavy atom. The molecule has 1 heterocycles. The Morgan fingerprint density at radius 3 is 2.39 bits per heavy atom. The number of benzene rings is 1. The van der Waals surface area contributed by atoms with Crippen LogP contribution in [0.4, 0.5) is 0 Å². The maximum Gasteiger partial charge on any atom is 0.331 e. The molecule has 0 aliphatic heterocycles. The fourth-order valence-electron chi connectivity index (χ4n) is 2.97. The summed E-state index contributed by atoms with van der Waals surface area (Å²) in [5.74, 6) is -0.329. The number of nitrogens with zero attached hydrogens (tertiary/aromatic N) is 2. The van der Waals surface area contributed by atoms with Crippen LogP contribution < -0.4 is 16.6 Å². The first-order chi connectivity index (χ1) is 13.6. The molecule has 28 heavy (non-hydrogen) atoms. The zero-order chi connectivity index (χ0) is 19.9. The third-order valence-corrected chi connectivity index (χ3v) is 4.47. The van der Waals surface area contributed by atoms with Crippen LogP contribution in [0.1, 0.15) is 25.3 Å². The number of nitrogens with one attached hydrogen (secondary N) is 1. The Hall–Kier alpha value is -3.41. The maximum atomic E-state index is 12.5. The van der Waals surface area contributed by atoms with Crippen LogP contribution in [0, 0.1) is 0 Å². The summed E-state index contributed by atoms with van der Waals surface area (Å²) in [6.45, 7) is 2.76. The molecule has 0 aliphatic carbocycles. The molecule has 3 aromatic rings. The summed E-state index contributed by atoms with van der Waals surface area (Å²) in [5.41, 5.74) is 0.329. The van der Waals surface area contributed by atoms with Crippen molar-refractivity contribution < 1.29 is 5.11 Å². The van der Waals surface area contributed by atoms with Crippen molar-refractivity contribution in [1.82, 2.24) is 9.55 Å². The van der Waals surface area contributed by atoms with Gasteiger partial charge in [0.1, 0.15) is 5.56 Å². The average molecular weight is 377 g/mol. The second kappa shape index (κ2) is 8.99. The molecule has 0 radical (unpaired) electrons. The zero-order valence-electron chi connectivity index (χ0n) is 15.8. The van der Waals surface area contributed by atoms with Gasteiger partial charge in [0.2, 0.25) is 5.88 Å². The number of aromatic nitrogens is 2. The topological polar surface area (TPSA) is 87.4 Å². The monoisotopic (exact) mass is 377 g/mol. The molecule has 6 nitrogen and oxygen atoms in total. The molecule has 0 saturated heterocycles. The standard InChI is InChI=1S/C22H23N3O3/c1-2-3-14-25-21(27)19(20(26)24-22(25)28)17-12-8-5-9-13-18(17)23-15-16-10-6-4-7-11-16/h4-13,27H,2-3,14-15H2,1H3,(H,24,26,28). The average Bonchev–Trinajstić information content (AvgIpc) is 2.92. The summed E-state index contributed by atoms with van der Waals surface area (Å²) >= 11 is 0. The number of rotatable bonds is 6. The minimum Gasteiger partial charge on any atom is -0.494 e. The van der Waals surface area contributed by atoms with Crippen LogP contribution >= 0.6 is 0 Å². The van der Waals surface area contributed by atoms with Gasteiger partial charge in [-0.1, -0.05) is 67.9 Å². The van der Waals surface area contributed by atoms with Gasteiger partial charge in [0.05, 0.1) is 11.9 Å². The molecule has 0 amide bonds. The van der Waals surface area contributed by atoms with Gasteiger partial charge in [-0.2, -0.15) is 0 Å². The Kier molecular flexibility index (Phi) is 6.22. The minimum absolute atomic E-state index is 0.0544. The van der Waals surface area contributed by atoms with E-state index in [-0.39, 0.29) is 11.4 Å². The van der Waals surface area contributed by atoms with E-state index >= 15 is 0 Å². The van der Waals surface area contributed by atoms with Crippen molar-refractivity contribution in [2.75, 3.05) is 0 Å². The highest BCUT2D eigenvalue weighted by molar-refractivity contribution is 5.66. The Labute approximate surface area is 162 Å². The molecule has 0 saturated carbocycles. The van der Waals surface area contributed by atoms with Crippen LogP contribution in [0.15, 0.2) is 75.2 Å². The summed E-state index contributed by atoms with van der Waals surface area (Å²) in [4.78, 5) is 31.6. The van der Waals surface area contributed by atoms with Gasteiger partial charge in [-0.25, -0.2) is 4.79 Å². The second-order valence-electron chi connectivity index (χ2n) is 6.47. The lowest BCUT2D eigenvalue weighted by Gasteiger charge is -2.10. The Morgan fingerprint density at radius 2 is 1.68 bits per heavy atom. The smallest absolute Gasteiger partial charge is 0.331 e. The Balaban J connectivity index is 2.18. The normalized spacial score (nSPS) is 11.5. The van der Waals surface area contributed by atoms with E-state index in [0.717, 1.165) is 12.0 Å². The van der Waals surface area contributed by atoms with E-state index in [1.165, 1.54) is 4.57 Å². The molecule has 0 bridgehead atoms. The molecule has 0 fully saturated rings. The van der Waals surface area contributed by atoms with Gasteiger partial charge >= 0.3 is 5.69 Å². The zero-order valence-corrected chi connectivity index (χ0v) is 15.8. The predicted molar refractivity (Wildman–Crippen MR) is 109 cm³/mol. The highest BCUT2D eigenvalue weighted by atomic mass is 16.3. The third-order valence-electron chi connectivity index (χ3n) is 4.47. The molecule has 0 spiro atoms. The first kappa shape index (κ1) is 19.4. The Bertz CT molecular complexity index is 1130. The number of hydrogen-bond donors (Lipinski definition) is 2. The lowest BCUT2D eigenvalue weighted by atomic mass is 10.1. The second-order valence-corrected chi connectivity index (χ2v) is 6.47. The largest absolute Gasteiger partial charge is 0.494 e. The summed E-state index contributed by atoms with van der Waals surface area (Å²) in [6.07, 6.45) is 1.57. The number of aromatic hydroxyl groups is 1. The molecule has 1 aromatic heterocycles. The van der Waals surface area contributed by atoms with Crippen LogP contribution in [0.5, 0.6) is 5.88 Å². The van der Waals surface area contributed by atoms with Crippen molar-refractivity contribution in [2.24, 2.45) is 4.99 Å². The molecular formula is C22H23N3O3. The van der Waals surface area contributed by atoms with Crippen molar-refractivity contribution in [1.29, 1.82) is 0 Å². The van der Waals surface area contributed by atoms with E-state index < -0.39 is 11.2 Å². The number of H-pyrrole nitrogens is 1. The quantitative estimate of drug-likeness (QED) is 0.692. The molecule has 0 aliphatic rings. The van der Waals surface area contributed by atoms with Gasteiger partial charge in [0.25, 0.3) is 5.56 Å². The molecule has 2 aromatic carbocycles. The lowest BCUT2D eigenvalue weighted by Crippen LogP contribution is -2.31. The van der Waals surface area contributed by atoms with Crippen molar-refractivity contribution in [2.45, 2.75) is 32.9 Å². The first-order valence-corrected chi connectivity index (χ1v) is 9.32. The van der Waals surface area contributed by atoms with Crippen LogP contribution in [0.25, 0.3) is 11.1 Å². The number of unbranched alkanes of at least 4 members (excludes halogenated alkanes) is 1. The summed E-state index contributed by atoms with van der Waals surface area (Å²) in [7, 11) is 0. The summed E-state index contributed by atoms with van der Waals surface area (Å²) in [6, 6.07) is 18.7.